The number of nitrogens with zero attached hydrogens (tertiary/aromatic N) is 1. The largest absolute Gasteiger partial charge is 0.372 e. The topological polar surface area (TPSA) is 44.4 Å². The monoisotopic (exact) mass is 275 g/mol. The molecule has 0 radical (unpaired) electrons. The van der Waals surface area contributed by atoms with Crippen LogP contribution >= 0.6 is 0 Å². The summed E-state index contributed by atoms with van der Waals surface area (Å²) in [6, 6.07) is 8.16. The highest BCUT2D eigenvalue weighted by molar-refractivity contribution is 5.92. The van der Waals surface area contributed by atoms with Gasteiger partial charge in [-0.05, 0) is 49.6 Å². The van der Waals surface area contributed by atoms with E-state index >= 15 is 0 Å². The Labute approximate surface area is 121 Å². The first-order valence-electron chi connectivity index (χ1n) is 7.54. The van der Waals surface area contributed by atoms with E-state index in [0.29, 0.717) is 6.54 Å². The average Bonchev–Trinajstić information content (AvgIpc) is 2.47. The molecule has 4 nitrogen and oxygen atoms in total. The molecule has 1 fully saturated rings. The standard InChI is InChI=1S/C16H25N3O/c1-3-17-12-16(20)18-14-4-6-15(7-5-14)19-10-8-13(2)9-11-19/h4-7,13,17H,3,8-12H2,1-2H3,(H,18,20). The highest BCUT2D eigenvalue weighted by atomic mass is 16.1. The second-order valence-electron chi connectivity index (χ2n) is 5.54. The maximum absolute atomic E-state index is 11.6. The molecule has 1 aliphatic rings. The molecule has 1 aliphatic heterocycles. The van der Waals surface area contributed by atoms with Gasteiger partial charge in [-0.1, -0.05) is 13.8 Å². The first kappa shape index (κ1) is 14.9. The molecule has 1 aromatic rings. The van der Waals surface area contributed by atoms with Crippen molar-refractivity contribution in [3.8, 4) is 0 Å². The normalized spacial score (nSPS) is 16.2. The summed E-state index contributed by atoms with van der Waals surface area (Å²) < 4.78 is 0. The van der Waals surface area contributed by atoms with Crippen molar-refractivity contribution in [3.63, 3.8) is 0 Å². The number of hydrogen-bond donors (Lipinski definition) is 2. The quantitative estimate of drug-likeness (QED) is 0.867. The fraction of sp³-hybridized carbons (Fsp3) is 0.562. The van der Waals surface area contributed by atoms with Gasteiger partial charge in [0.1, 0.15) is 0 Å². The summed E-state index contributed by atoms with van der Waals surface area (Å²) in [4.78, 5) is 14.0. The van der Waals surface area contributed by atoms with E-state index in [2.05, 4.69) is 34.6 Å². The van der Waals surface area contributed by atoms with Crippen LogP contribution in [-0.4, -0.2) is 32.1 Å². The molecule has 0 spiro atoms. The number of hydrogen-bond acceptors (Lipinski definition) is 3. The summed E-state index contributed by atoms with van der Waals surface area (Å²) >= 11 is 0. The minimum absolute atomic E-state index is 0.00592. The Morgan fingerprint density at radius 3 is 2.50 bits per heavy atom. The highest BCUT2D eigenvalue weighted by Gasteiger charge is 2.15. The number of carbonyl (C=O) groups excluding carboxylic acids is 1. The predicted octanol–water partition coefficient (Wildman–Crippen LogP) is 2.47. The Kier molecular flexibility index (Phi) is 5.41. The molecule has 1 amide bonds. The predicted molar refractivity (Wildman–Crippen MR) is 84.2 cm³/mol. The Balaban J connectivity index is 1.88. The lowest BCUT2D eigenvalue weighted by Gasteiger charge is -2.32. The van der Waals surface area contributed by atoms with Gasteiger partial charge in [0, 0.05) is 24.5 Å². The minimum Gasteiger partial charge on any atom is -0.372 e. The van der Waals surface area contributed by atoms with Crippen LogP contribution in [0.4, 0.5) is 11.4 Å². The number of nitrogens with one attached hydrogen (secondary N) is 2. The number of piperidine rings is 1. The molecule has 0 saturated carbocycles. The van der Waals surface area contributed by atoms with Crippen molar-refractivity contribution < 1.29 is 4.79 Å². The third-order valence-electron chi connectivity index (χ3n) is 3.84. The number of benzene rings is 1. The number of amides is 1. The second kappa shape index (κ2) is 7.29. The zero-order chi connectivity index (χ0) is 14.4. The molecule has 0 atom stereocenters. The lowest BCUT2D eigenvalue weighted by atomic mass is 9.99. The van der Waals surface area contributed by atoms with Crippen LogP contribution in [0.1, 0.15) is 26.7 Å². The van der Waals surface area contributed by atoms with Crippen LogP contribution < -0.4 is 15.5 Å². The van der Waals surface area contributed by atoms with Gasteiger partial charge in [0.05, 0.1) is 6.54 Å². The van der Waals surface area contributed by atoms with Gasteiger partial charge in [0.25, 0.3) is 0 Å². The van der Waals surface area contributed by atoms with Crippen molar-refractivity contribution in [1.29, 1.82) is 0 Å². The van der Waals surface area contributed by atoms with Gasteiger partial charge in [-0.2, -0.15) is 0 Å². The molecule has 1 aromatic carbocycles. The summed E-state index contributed by atoms with van der Waals surface area (Å²) in [6.07, 6.45) is 2.53. The fourth-order valence-electron chi connectivity index (χ4n) is 2.47. The van der Waals surface area contributed by atoms with Crippen LogP contribution in [0.25, 0.3) is 0 Å². The van der Waals surface area contributed by atoms with Gasteiger partial charge in [-0.3, -0.25) is 4.79 Å². The van der Waals surface area contributed by atoms with Crippen molar-refractivity contribution in [1.82, 2.24) is 5.32 Å². The summed E-state index contributed by atoms with van der Waals surface area (Å²) in [5.41, 5.74) is 2.11. The third-order valence-corrected chi connectivity index (χ3v) is 3.84. The SMILES string of the molecule is CCNCC(=O)Nc1ccc(N2CCC(C)CC2)cc1. The summed E-state index contributed by atoms with van der Waals surface area (Å²) in [7, 11) is 0. The van der Waals surface area contributed by atoms with Gasteiger partial charge in [-0.15, -0.1) is 0 Å². The van der Waals surface area contributed by atoms with Gasteiger partial charge in [-0.25, -0.2) is 0 Å². The van der Waals surface area contributed by atoms with Crippen molar-refractivity contribution in [2.24, 2.45) is 5.92 Å². The van der Waals surface area contributed by atoms with Gasteiger partial charge in [0.15, 0.2) is 0 Å². The average molecular weight is 275 g/mol. The van der Waals surface area contributed by atoms with E-state index < -0.39 is 0 Å². The molecule has 0 bridgehead atoms. The zero-order valence-corrected chi connectivity index (χ0v) is 12.5. The van der Waals surface area contributed by atoms with Crippen molar-refractivity contribution in [2.45, 2.75) is 26.7 Å². The van der Waals surface area contributed by atoms with E-state index in [1.165, 1.54) is 18.5 Å². The molecular formula is C16H25N3O. The molecule has 1 saturated heterocycles. The molecule has 1 heterocycles. The van der Waals surface area contributed by atoms with Crippen LogP contribution in [0.2, 0.25) is 0 Å². The summed E-state index contributed by atoms with van der Waals surface area (Å²) in [6.45, 7) is 7.74. The van der Waals surface area contributed by atoms with Crippen LogP contribution in [0.15, 0.2) is 24.3 Å². The van der Waals surface area contributed by atoms with Crippen LogP contribution in [0.3, 0.4) is 0 Å². The maximum Gasteiger partial charge on any atom is 0.238 e. The van der Waals surface area contributed by atoms with Gasteiger partial charge < -0.3 is 15.5 Å². The molecule has 2 rings (SSSR count). The first-order valence-corrected chi connectivity index (χ1v) is 7.54. The molecular weight excluding hydrogens is 250 g/mol. The van der Waals surface area contributed by atoms with Gasteiger partial charge >= 0.3 is 0 Å². The smallest absolute Gasteiger partial charge is 0.238 e. The lowest BCUT2D eigenvalue weighted by molar-refractivity contribution is -0.115. The van der Waals surface area contributed by atoms with E-state index in [4.69, 9.17) is 0 Å². The lowest BCUT2D eigenvalue weighted by Crippen LogP contribution is -2.32. The molecule has 0 aliphatic carbocycles. The first-order chi connectivity index (χ1) is 9.69. The maximum atomic E-state index is 11.6. The van der Waals surface area contributed by atoms with E-state index in [1.54, 1.807) is 0 Å². The van der Waals surface area contributed by atoms with Crippen LogP contribution in [0.5, 0.6) is 0 Å². The number of rotatable bonds is 5. The van der Waals surface area contributed by atoms with E-state index in [-0.39, 0.29) is 5.91 Å². The molecule has 2 N–H and O–H groups in total. The third kappa shape index (κ3) is 4.23. The molecule has 0 aromatic heterocycles. The number of likely N-dealkylation sites (N-methyl/N-ethyl adjacent to an activating group) is 1. The number of carbonyl (C=O) groups is 1. The Morgan fingerprint density at radius 2 is 1.90 bits per heavy atom. The van der Waals surface area contributed by atoms with Crippen molar-refractivity contribution >= 4 is 17.3 Å². The zero-order valence-electron chi connectivity index (χ0n) is 12.5. The van der Waals surface area contributed by atoms with Gasteiger partial charge in [0.2, 0.25) is 5.91 Å². The molecule has 4 heteroatoms. The highest BCUT2D eigenvalue weighted by Crippen LogP contribution is 2.24. The summed E-state index contributed by atoms with van der Waals surface area (Å²) in [5.74, 6) is 0.849. The van der Waals surface area contributed by atoms with Crippen LogP contribution in [-0.2, 0) is 4.79 Å². The fourth-order valence-corrected chi connectivity index (χ4v) is 2.47. The van der Waals surface area contributed by atoms with Crippen LogP contribution in [0, 0.1) is 5.92 Å². The minimum atomic E-state index is 0.00592. The Hall–Kier alpha value is -1.55. The van der Waals surface area contributed by atoms with E-state index in [1.807, 2.05) is 19.1 Å². The molecule has 0 unspecified atom stereocenters. The second-order valence-corrected chi connectivity index (χ2v) is 5.54. The Bertz CT molecular complexity index is 422. The molecule has 20 heavy (non-hydrogen) atoms. The van der Waals surface area contributed by atoms with Crippen molar-refractivity contribution in [3.05, 3.63) is 24.3 Å². The van der Waals surface area contributed by atoms with Crippen molar-refractivity contribution in [2.75, 3.05) is 36.4 Å². The summed E-state index contributed by atoms with van der Waals surface area (Å²) in [5, 5.41) is 5.91. The van der Waals surface area contributed by atoms with E-state index in [9.17, 15) is 4.79 Å². The Morgan fingerprint density at radius 1 is 1.25 bits per heavy atom. The number of anilines is 2. The van der Waals surface area contributed by atoms with E-state index in [0.717, 1.165) is 31.2 Å². The molecule has 110 valence electrons.